The normalized spacial score (nSPS) is 18.1. The lowest BCUT2D eigenvalue weighted by atomic mass is 10.4. The third-order valence-corrected chi connectivity index (χ3v) is 6.34. The van der Waals surface area contributed by atoms with Crippen molar-refractivity contribution in [2.75, 3.05) is 26.3 Å². The second kappa shape index (κ2) is 6.32. The molecule has 1 aliphatic rings. The standard InChI is InChI=1S/C12H20N2O3S2/c1-10(2)13-9-11-3-4-12(18-11)19(15,16)14-5-7-17-8-6-14/h3-4,10,13H,5-9H2,1-2H3. The molecule has 1 aromatic heterocycles. The van der Waals surface area contributed by atoms with Crippen molar-refractivity contribution in [3.63, 3.8) is 0 Å². The lowest BCUT2D eigenvalue weighted by Crippen LogP contribution is -2.40. The van der Waals surface area contributed by atoms with Gasteiger partial charge in [-0.05, 0) is 12.1 Å². The fourth-order valence-corrected chi connectivity index (χ4v) is 4.68. The maximum absolute atomic E-state index is 12.4. The van der Waals surface area contributed by atoms with E-state index < -0.39 is 10.0 Å². The predicted molar refractivity (Wildman–Crippen MR) is 75.9 cm³/mol. The van der Waals surface area contributed by atoms with Crippen molar-refractivity contribution in [3.8, 4) is 0 Å². The van der Waals surface area contributed by atoms with Crippen molar-refractivity contribution >= 4 is 21.4 Å². The third-order valence-electron chi connectivity index (χ3n) is 2.89. The summed E-state index contributed by atoms with van der Waals surface area (Å²) < 4.78 is 31.9. The minimum Gasteiger partial charge on any atom is -0.379 e. The molecule has 7 heteroatoms. The molecule has 1 fully saturated rings. The Bertz CT molecular complexity index is 505. The van der Waals surface area contributed by atoms with Crippen LogP contribution in [-0.4, -0.2) is 45.1 Å². The number of sulfonamides is 1. The first kappa shape index (κ1) is 14.9. The van der Waals surface area contributed by atoms with E-state index in [1.54, 1.807) is 6.07 Å². The van der Waals surface area contributed by atoms with E-state index in [-0.39, 0.29) is 0 Å². The number of morpholine rings is 1. The molecule has 2 heterocycles. The molecule has 5 nitrogen and oxygen atoms in total. The zero-order valence-corrected chi connectivity index (χ0v) is 12.9. The van der Waals surface area contributed by atoms with Gasteiger partial charge < -0.3 is 10.1 Å². The van der Waals surface area contributed by atoms with Crippen LogP contribution in [0.4, 0.5) is 0 Å². The molecule has 0 radical (unpaired) electrons. The van der Waals surface area contributed by atoms with Crippen molar-refractivity contribution in [1.82, 2.24) is 9.62 Å². The van der Waals surface area contributed by atoms with E-state index in [1.807, 2.05) is 6.07 Å². The Hall–Kier alpha value is -0.470. The van der Waals surface area contributed by atoms with Crippen molar-refractivity contribution in [3.05, 3.63) is 17.0 Å². The Labute approximate surface area is 118 Å². The second-order valence-electron chi connectivity index (χ2n) is 4.77. The maximum atomic E-state index is 12.4. The first-order valence-corrected chi connectivity index (χ1v) is 8.66. The summed E-state index contributed by atoms with van der Waals surface area (Å²) in [7, 11) is -3.34. The number of hydrogen-bond donors (Lipinski definition) is 1. The molecule has 19 heavy (non-hydrogen) atoms. The molecule has 2 rings (SSSR count). The first-order chi connectivity index (χ1) is 9.00. The van der Waals surface area contributed by atoms with E-state index >= 15 is 0 Å². The average molecular weight is 304 g/mol. The summed E-state index contributed by atoms with van der Waals surface area (Å²) >= 11 is 1.34. The number of nitrogens with one attached hydrogen (secondary N) is 1. The van der Waals surface area contributed by atoms with Gasteiger partial charge in [0.05, 0.1) is 13.2 Å². The summed E-state index contributed by atoms with van der Waals surface area (Å²) in [4.78, 5) is 1.04. The van der Waals surface area contributed by atoms with Crippen LogP contribution in [-0.2, 0) is 21.3 Å². The van der Waals surface area contributed by atoms with Crippen molar-refractivity contribution in [2.24, 2.45) is 0 Å². The summed E-state index contributed by atoms with van der Waals surface area (Å²) in [6.07, 6.45) is 0. The highest BCUT2D eigenvalue weighted by Gasteiger charge is 2.27. The molecule has 0 saturated carbocycles. The predicted octanol–water partition coefficient (Wildman–Crippen LogP) is 1.27. The molecule has 0 aromatic carbocycles. The van der Waals surface area contributed by atoms with Crippen LogP contribution in [0, 0.1) is 0 Å². The lowest BCUT2D eigenvalue weighted by molar-refractivity contribution is 0.0731. The van der Waals surface area contributed by atoms with Gasteiger partial charge in [0, 0.05) is 30.6 Å². The molecule has 0 spiro atoms. The SMILES string of the molecule is CC(C)NCc1ccc(S(=O)(=O)N2CCOCC2)s1. The van der Waals surface area contributed by atoms with Crippen LogP contribution in [0.3, 0.4) is 0 Å². The molecule has 0 unspecified atom stereocenters. The van der Waals surface area contributed by atoms with Gasteiger partial charge in [-0.15, -0.1) is 11.3 Å². The van der Waals surface area contributed by atoms with Crippen molar-refractivity contribution in [1.29, 1.82) is 0 Å². The van der Waals surface area contributed by atoms with Gasteiger partial charge in [-0.1, -0.05) is 13.8 Å². The summed E-state index contributed by atoms with van der Waals surface area (Å²) in [5, 5.41) is 3.29. The highest BCUT2D eigenvalue weighted by Crippen LogP contribution is 2.25. The topological polar surface area (TPSA) is 58.6 Å². The number of hydrogen-bond acceptors (Lipinski definition) is 5. The largest absolute Gasteiger partial charge is 0.379 e. The molecule has 1 aliphatic heterocycles. The minimum atomic E-state index is -3.34. The fourth-order valence-electron chi connectivity index (χ4n) is 1.81. The van der Waals surface area contributed by atoms with Crippen LogP contribution in [0.25, 0.3) is 0 Å². The van der Waals surface area contributed by atoms with Gasteiger partial charge in [-0.2, -0.15) is 4.31 Å². The Morgan fingerprint density at radius 3 is 2.68 bits per heavy atom. The van der Waals surface area contributed by atoms with Crippen LogP contribution in [0.5, 0.6) is 0 Å². The van der Waals surface area contributed by atoms with Gasteiger partial charge in [0.15, 0.2) is 0 Å². The number of rotatable bonds is 5. The zero-order valence-electron chi connectivity index (χ0n) is 11.3. The molecule has 1 aromatic rings. The summed E-state index contributed by atoms with van der Waals surface area (Å²) in [5.74, 6) is 0. The molecule has 108 valence electrons. The van der Waals surface area contributed by atoms with E-state index in [9.17, 15) is 8.42 Å². The van der Waals surface area contributed by atoms with Crippen molar-refractivity contribution < 1.29 is 13.2 Å². The van der Waals surface area contributed by atoms with Crippen LogP contribution in [0.1, 0.15) is 18.7 Å². The van der Waals surface area contributed by atoms with Crippen LogP contribution < -0.4 is 5.32 Å². The van der Waals surface area contributed by atoms with Crippen molar-refractivity contribution in [2.45, 2.75) is 30.6 Å². The smallest absolute Gasteiger partial charge is 0.252 e. The average Bonchev–Trinajstić information content (AvgIpc) is 2.87. The third kappa shape index (κ3) is 3.76. The van der Waals surface area contributed by atoms with E-state index in [2.05, 4.69) is 19.2 Å². The minimum absolute atomic E-state index is 0.390. The van der Waals surface area contributed by atoms with E-state index in [0.717, 1.165) is 4.88 Å². The Balaban J connectivity index is 2.08. The highest BCUT2D eigenvalue weighted by molar-refractivity contribution is 7.91. The van der Waals surface area contributed by atoms with E-state index in [4.69, 9.17) is 4.74 Å². The zero-order chi connectivity index (χ0) is 13.9. The number of ether oxygens (including phenoxy) is 1. The molecule has 0 amide bonds. The first-order valence-electron chi connectivity index (χ1n) is 6.40. The van der Waals surface area contributed by atoms with E-state index in [1.165, 1.54) is 15.6 Å². The fraction of sp³-hybridized carbons (Fsp3) is 0.667. The number of thiophene rings is 1. The molecular formula is C12H20N2O3S2. The summed E-state index contributed by atoms with van der Waals surface area (Å²) in [6.45, 7) is 6.69. The van der Waals surface area contributed by atoms with Gasteiger partial charge in [-0.3, -0.25) is 0 Å². The molecule has 1 saturated heterocycles. The van der Waals surface area contributed by atoms with Gasteiger partial charge in [0.1, 0.15) is 4.21 Å². The highest BCUT2D eigenvalue weighted by atomic mass is 32.2. The number of nitrogens with zero attached hydrogens (tertiary/aromatic N) is 1. The Morgan fingerprint density at radius 1 is 1.37 bits per heavy atom. The van der Waals surface area contributed by atoms with Gasteiger partial charge >= 0.3 is 0 Å². The van der Waals surface area contributed by atoms with Crippen LogP contribution in [0.2, 0.25) is 0 Å². The Morgan fingerprint density at radius 2 is 2.05 bits per heavy atom. The quantitative estimate of drug-likeness (QED) is 0.890. The Kier molecular flexibility index (Phi) is 4.97. The molecule has 0 bridgehead atoms. The molecular weight excluding hydrogens is 284 g/mol. The monoisotopic (exact) mass is 304 g/mol. The van der Waals surface area contributed by atoms with Gasteiger partial charge in [-0.25, -0.2) is 8.42 Å². The van der Waals surface area contributed by atoms with Gasteiger partial charge in [0.2, 0.25) is 0 Å². The van der Waals surface area contributed by atoms with Crippen LogP contribution >= 0.6 is 11.3 Å². The molecule has 1 N–H and O–H groups in total. The molecule has 0 aliphatic carbocycles. The molecule has 0 atom stereocenters. The second-order valence-corrected chi connectivity index (χ2v) is 8.11. The maximum Gasteiger partial charge on any atom is 0.252 e. The summed E-state index contributed by atoms with van der Waals surface area (Å²) in [5.41, 5.74) is 0. The van der Waals surface area contributed by atoms with Crippen LogP contribution in [0.15, 0.2) is 16.3 Å². The van der Waals surface area contributed by atoms with E-state index in [0.29, 0.717) is 43.1 Å². The van der Waals surface area contributed by atoms with Gasteiger partial charge in [0.25, 0.3) is 10.0 Å². The lowest BCUT2D eigenvalue weighted by Gasteiger charge is -2.25. The summed E-state index contributed by atoms with van der Waals surface area (Å²) in [6, 6.07) is 3.97.